The fourth-order valence-corrected chi connectivity index (χ4v) is 3.12. The van der Waals surface area contributed by atoms with Gasteiger partial charge in [0.1, 0.15) is 5.82 Å². The van der Waals surface area contributed by atoms with Gasteiger partial charge in [-0.3, -0.25) is 9.88 Å². The van der Waals surface area contributed by atoms with Gasteiger partial charge in [0.2, 0.25) is 0 Å². The summed E-state index contributed by atoms with van der Waals surface area (Å²) in [7, 11) is 0. The first kappa shape index (κ1) is 16.3. The van der Waals surface area contributed by atoms with E-state index in [9.17, 15) is 0 Å². The van der Waals surface area contributed by atoms with E-state index in [1.54, 1.807) is 0 Å². The van der Waals surface area contributed by atoms with Crippen molar-refractivity contribution in [2.24, 2.45) is 5.41 Å². The van der Waals surface area contributed by atoms with Crippen molar-refractivity contribution in [2.75, 3.05) is 4.90 Å². The largest absolute Gasteiger partial charge is 0.294 e. The lowest BCUT2D eigenvalue weighted by Gasteiger charge is -2.26. The van der Waals surface area contributed by atoms with Crippen molar-refractivity contribution in [3.63, 3.8) is 0 Å². The molecule has 0 radical (unpaired) electrons. The van der Waals surface area contributed by atoms with Gasteiger partial charge in [0.25, 0.3) is 0 Å². The summed E-state index contributed by atoms with van der Waals surface area (Å²) in [4.78, 5) is 11.3. The van der Waals surface area contributed by atoms with Crippen molar-refractivity contribution in [3.05, 3.63) is 97.0 Å². The van der Waals surface area contributed by atoms with Gasteiger partial charge in [0.15, 0.2) is 0 Å². The number of pyridine rings is 2. The van der Waals surface area contributed by atoms with Crippen LogP contribution < -0.4 is 4.90 Å². The van der Waals surface area contributed by atoms with Crippen molar-refractivity contribution in [2.45, 2.75) is 13.8 Å². The van der Waals surface area contributed by atoms with Crippen LogP contribution >= 0.6 is 0 Å². The average molecular weight is 339 g/mol. The first-order valence-corrected chi connectivity index (χ1v) is 8.78. The fraction of sp³-hybridized carbons (Fsp3) is 0.130. The summed E-state index contributed by atoms with van der Waals surface area (Å²) < 4.78 is 0. The molecule has 0 saturated heterocycles. The normalized spacial score (nSPS) is 15.5. The SMILES string of the molecule is CC1(C)C=CC=C(N(c2ccccn2)c2cccc3ncccc23)C=C1. The number of hydrogen-bond donors (Lipinski definition) is 0. The van der Waals surface area contributed by atoms with Gasteiger partial charge in [-0.1, -0.05) is 44.2 Å². The Hall–Kier alpha value is -3.20. The van der Waals surface area contributed by atoms with Crippen molar-refractivity contribution in [1.29, 1.82) is 0 Å². The van der Waals surface area contributed by atoms with Crippen LogP contribution in [0.15, 0.2) is 97.0 Å². The van der Waals surface area contributed by atoms with E-state index in [4.69, 9.17) is 0 Å². The second-order valence-corrected chi connectivity index (χ2v) is 6.98. The molecule has 4 rings (SSSR count). The molecule has 0 N–H and O–H groups in total. The number of aromatic nitrogens is 2. The molecule has 2 heterocycles. The molecule has 0 unspecified atom stereocenters. The Bertz CT molecular complexity index is 1010. The summed E-state index contributed by atoms with van der Waals surface area (Å²) in [5.74, 6) is 0.882. The highest BCUT2D eigenvalue weighted by molar-refractivity contribution is 5.95. The van der Waals surface area contributed by atoms with Gasteiger partial charge < -0.3 is 0 Å². The van der Waals surface area contributed by atoms with Crippen LogP contribution in [0.25, 0.3) is 10.9 Å². The second kappa shape index (κ2) is 6.60. The minimum absolute atomic E-state index is 0.0222. The molecule has 0 bridgehead atoms. The van der Waals surface area contributed by atoms with Crippen LogP contribution in [0.3, 0.4) is 0 Å². The molecule has 3 heteroatoms. The Morgan fingerprint density at radius 3 is 2.58 bits per heavy atom. The molecule has 0 fully saturated rings. The maximum absolute atomic E-state index is 4.61. The molecule has 0 amide bonds. The zero-order valence-corrected chi connectivity index (χ0v) is 15.0. The van der Waals surface area contributed by atoms with Crippen LogP contribution in [0.1, 0.15) is 13.8 Å². The lowest BCUT2D eigenvalue weighted by Crippen LogP contribution is -2.17. The maximum atomic E-state index is 4.61. The molecule has 2 aromatic heterocycles. The third kappa shape index (κ3) is 3.16. The zero-order valence-electron chi connectivity index (χ0n) is 15.0. The van der Waals surface area contributed by atoms with Gasteiger partial charge in [-0.25, -0.2) is 4.98 Å². The number of rotatable bonds is 3. The lowest BCUT2D eigenvalue weighted by atomic mass is 9.93. The average Bonchev–Trinajstić information content (AvgIpc) is 2.84. The Morgan fingerprint density at radius 1 is 0.846 bits per heavy atom. The molecule has 1 aliphatic carbocycles. The first-order chi connectivity index (χ1) is 12.6. The molecule has 0 spiro atoms. The number of hydrogen-bond acceptors (Lipinski definition) is 3. The minimum atomic E-state index is 0.0222. The molecule has 1 aromatic carbocycles. The van der Waals surface area contributed by atoms with E-state index < -0.39 is 0 Å². The summed E-state index contributed by atoms with van der Waals surface area (Å²) >= 11 is 0. The van der Waals surface area contributed by atoms with Crippen molar-refractivity contribution < 1.29 is 0 Å². The second-order valence-electron chi connectivity index (χ2n) is 6.98. The van der Waals surface area contributed by atoms with Crippen LogP contribution in [-0.4, -0.2) is 9.97 Å². The van der Waals surface area contributed by atoms with Gasteiger partial charge in [-0.05, 0) is 48.6 Å². The van der Waals surface area contributed by atoms with E-state index in [-0.39, 0.29) is 5.41 Å². The number of nitrogens with zero attached hydrogens (tertiary/aromatic N) is 3. The Kier molecular flexibility index (Phi) is 4.13. The van der Waals surface area contributed by atoms with Gasteiger partial charge in [-0.15, -0.1) is 0 Å². The standard InChI is InChI=1S/C23H21N3/c1-23(2)14-6-8-18(13-15-23)26(22-12-3-4-16-25-22)21-11-5-10-20-19(21)9-7-17-24-20/h3-17H,1-2H3. The monoisotopic (exact) mass is 339 g/mol. The summed E-state index contributed by atoms with van der Waals surface area (Å²) in [6.45, 7) is 4.40. The first-order valence-electron chi connectivity index (χ1n) is 8.78. The van der Waals surface area contributed by atoms with Crippen LogP contribution in [0.4, 0.5) is 11.5 Å². The van der Waals surface area contributed by atoms with Crippen LogP contribution in [0.2, 0.25) is 0 Å². The van der Waals surface area contributed by atoms with E-state index in [1.807, 2.05) is 48.8 Å². The number of allylic oxidation sites excluding steroid dienone is 5. The van der Waals surface area contributed by atoms with E-state index in [0.717, 1.165) is 28.1 Å². The number of fused-ring (bicyclic) bond motifs is 1. The molecule has 1 aliphatic rings. The predicted molar refractivity (Wildman–Crippen MR) is 108 cm³/mol. The van der Waals surface area contributed by atoms with E-state index in [2.05, 4.69) is 71.2 Å². The maximum Gasteiger partial charge on any atom is 0.137 e. The van der Waals surface area contributed by atoms with Crippen LogP contribution in [0, 0.1) is 5.41 Å². The van der Waals surface area contributed by atoms with Gasteiger partial charge in [-0.2, -0.15) is 0 Å². The minimum Gasteiger partial charge on any atom is -0.294 e. The molecule has 3 aromatic rings. The summed E-state index contributed by atoms with van der Waals surface area (Å²) in [6, 6.07) is 16.3. The Balaban J connectivity index is 1.93. The molecular formula is C23H21N3. The van der Waals surface area contributed by atoms with Crippen molar-refractivity contribution in [3.8, 4) is 0 Å². The Morgan fingerprint density at radius 2 is 1.73 bits per heavy atom. The molecule has 3 nitrogen and oxygen atoms in total. The fourth-order valence-electron chi connectivity index (χ4n) is 3.12. The van der Waals surface area contributed by atoms with Crippen LogP contribution in [-0.2, 0) is 0 Å². The molecule has 26 heavy (non-hydrogen) atoms. The summed E-state index contributed by atoms with van der Waals surface area (Å²) in [6.07, 6.45) is 14.5. The van der Waals surface area contributed by atoms with Gasteiger partial charge >= 0.3 is 0 Å². The highest BCUT2D eigenvalue weighted by Gasteiger charge is 2.19. The quantitative estimate of drug-likeness (QED) is 0.603. The van der Waals surface area contributed by atoms with E-state index in [1.165, 1.54) is 0 Å². The molecule has 0 saturated carbocycles. The van der Waals surface area contributed by atoms with E-state index >= 15 is 0 Å². The summed E-state index contributed by atoms with van der Waals surface area (Å²) in [5, 5.41) is 1.10. The van der Waals surface area contributed by atoms with Gasteiger partial charge in [0.05, 0.1) is 11.2 Å². The number of anilines is 2. The van der Waals surface area contributed by atoms with Crippen molar-refractivity contribution in [1.82, 2.24) is 9.97 Å². The number of benzene rings is 1. The predicted octanol–water partition coefficient (Wildman–Crippen LogP) is 5.80. The lowest BCUT2D eigenvalue weighted by molar-refractivity contribution is 0.627. The molecule has 0 aliphatic heterocycles. The smallest absolute Gasteiger partial charge is 0.137 e. The topological polar surface area (TPSA) is 29.0 Å². The summed E-state index contributed by atoms with van der Waals surface area (Å²) in [5.41, 5.74) is 3.13. The highest BCUT2D eigenvalue weighted by Crippen LogP contribution is 2.35. The Labute approximate surface area is 154 Å². The molecule has 128 valence electrons. The molecular weight excluding hydrogens is 318 g/mol. The third-order valence-electron chi connectivity index (χ3n) is 4.48. The zero-order chi connectivity index (χ0) is 18.0. The third-order valence-corrected chi connectivity index (χ3v) is 4.48. The van der Waals surface area contributed by atoms with E-state index in [0.29, 0.717) is 0 Å². The molecule has 0 atom stereocenters. The van der Waals surface area contributed by atoms with Crippen molar-refractivity contribution >= 4 is 22.4 Å². The highest BCUT2D eigenvalue weighted by atomic mass is 15.2. The van der Waals surface area contributed by atoms with Crippen LogP contribution in [0.5, 0.6) is 0 Å². The van der Waals surface area contributed by atoms with Gasteiger partial charge in [0, 0.05) is 28.9 Å².